The number of hydrogen-bond donors (Lipinski definition) is 1. The zero-order chi connectivity index (χ0) is 14.8. The lowest BCUT2D eigenvalue weighted by atomic mass is 10.1. The van der Waals surface area contributed by atoms with Crippen molar-refractivity contribution in [3.8, 4) is 0 Å². The number of fused-ring (bicyclic) bond motifs is 1. The average molecular weight is 297 g/mol. The fraction of sp³-hybridized carbons (Fsp3) is 0.0667. The molecule has 3 aromatic rings. The third kappa shape index (κ3) is 2.71. The van der Waals surface area contributed by atoms with Gasteiger partial charge in [0.05, 0.1) is 5.56 Å². The second kappa shape index (κ2) is 5.49. The summed E-state index contributed by atoms with van der Waals surface area (Å²) >= 11 is 1.33. The van der Waals surface area contributed by atoms with Gasteiger partial charge in [0.1, 0.15) is 5.03 Å². The number of aromatic carboxylic acids is 1. The molecule has 0 amide bonds. The van der Waals surface area contributed by atoms with Crippen molar-refractivity contribution in [3.63, 3.8) is 0 Å². The lowest BCUT2D eigenvalue weighted by Gasteiger charge is -2.07. The minimum atomic E-state index is -0.984. The molecule has 2 aromatic heterocycles. The number of nitrogens with zero attached hydrogens (tertiary/aromatic N) is 3. The lowest BCUT2D eigenvalue weighted by molar-refractivity contribution is 0.0698. The van der Waals surface area contributed by atoms with Crippen molar-refractivity contribution in [2.45, 2.75) is 17.1 Å². The van der Waals surface area contributed by atoms with Crippen LogP contribution in [0.2, 0.25) is 0 Å². The molecular formula is C15H11N3O2S. The van der Waals surface area contributed by atoms with Crippen LogP contribution in [-0.4, -0.2) is 26.0 Å². The van der Waals surface area contributed by atoms with Crippen molar-refractivity contribution in [3.05, 3.63) is 54.0 Å². The summed E-state index contributed by atoms with van der Waals surface area (Å²) in [6.07, 6.45) is 3.07. The molecule has 1 N–H and O–H groups in total. The molecule has 1 aromatic carbocycles. The molecule has 0 bridgehead atoms. The van der Waals surface area contributed by atoms with E-state index in [9.17, 15) is 9.90 Å². The molecule has 2 heterocycles. The van der Waals surface area contributed by atoms with Gasteiger partial charge in [0.15, 0.2) is 5.16 Å². The summed E-state index contributed by atoms with van der Waals surface area (Å²) in [6.45, 7) is 1.89. The van der Waals surface area contributed by atoms with E-state index in [0.29, 0.717) is 15.6 Å². The van der Waals surface area contributed by atoms with Gasteiger partial charge in [0, 0.05) is 28.9 Å². The van der Waals surface area contributed by atoms with Crippen molar-refractivity contribution in [2.24, 2.45) is 0 Å². The number of carboxylic acid groups (broad SMARTS) is 1. The van der Waals surface area contributed by atoms with Crippen LogP contribution in [0.5, 0.6) is 0 Å². The highest BCUT2D eigenvalue weighted by Crippen LogP contribution is 2.31. The molecule has 0 aliphatic carbocycles. The Balaban J connectivity index is 2.12. The van der Waals surface area contributed by atoms with Gasteiger partial charge in [-0.3, -0.25) is 0 Å². The summed E-state index contributed by atoms with van der Waals surface area (Å²) in [5.41, 5.74) is 1.07. The van der Waals surface area contributed by atoms with E-state index in [2.05, 4.69) is 15.0 Å². The van der Waals surface area contributed by atoms with Crippen LogP contribution in [0.4, 0.5) is 0 Å². The van der Waals surface area contributed by atoms with Crippen molar-refractivity contribution in [2.75, 3.05) is 0 Å². The van der Waals surface area contributed by atoms with Crippen LogP contribution in [0, 0.1) is 6.92 Å². The first kappa shape index (κ1) is 13.5. The average Bonchev–Trinajstić information content (AvgIpc) is 2.47. The molecule has 0 saturated heterocycles. The van der Waals surface area contributed by atoms with Crippen LogP contribution in [-0.2, 0) is 0 Å². The van der Waals surface area contributed by atoms with Crippen LogP contribution >= 0.6 is 11.8 Å². The van der Waals surface area contributed by atoms with Gasteiger partial charge < -0.3 is 5.11 Å². The molecule has 3 rings (SSSR count). The Morgan fingerprint density at radius 2 is 1.90 bits per heavy atom. The Labute approximate surface area is 125 Å². The Morgan fingerprint density at radius 3 is 2.62 bits per heavy atom. The molecule has 0 aliphatic rings. The van der Waals surface area contributed by atoms with Gasteiger partial charge >= 0.3 is 5.97 Å². The largest absolute Gasteiger partial charge is 0.478 e. The van der Waals surface area contributed by atoms with E-state index < -0.39 is 5.97 Å². The Bertz CT molecular complexity index is 836. The first-order valence-electron chi connectivity index (χ1n) is 6.23. The van der Waals surface area contributed by atoms with Crippen molar-refractivity contribution in [1.82, 2.24) is 15.0 Å². The normalized spacial score (nSPS) is 10.7. The summed E-state index contributed by atoms with van der Waals surface area (Å²) in [5, 5.41) is 12.0. The highest BCUT2D eigenvalue weighted by molar-refractivity contribution is 7.99. The number of aryl methyl sites for hydroxylation is 1. The number of aromatic nitrogens is 3. The molecule has 5 nitrogen and oxygen atoms in total. The Kier molecular flexibility index (Phi) is 3.53. The second-order valence-electron chi connectivity index (χ2n) is 4.41. The van der Waals surface area contributed by atoms with Gasteiger partial charge in [-0.2, -0.15) is 0 Å². The monoisotopic (exact) mass is 297 g/mol. The molecular weight excluding hydrogens is 286 g/mol. The highest BCUT2D eigenvalue weighted by Gasteiger charge is 2.13. The van der Waals surface area contributed by atoms with Gasteiger partial charge in [-0.05, 0) is 24.8 Å². The third-order valence-corrected chi connectivity index (χ3v) is 3.85. The van der Waals surface area contributed by atoms with E-state index >= 15 is 0 Å². The summed E-state index contributed by atoms with van der Waals surface area (Å²) in [6, 6.07) is 9.13. The zero-order valence-electron chi connectivity index (χ0n) is 11.1. The van der Waals surface area contributed by atoms with Gasteiger partial charge in [-0.25, -0.2) is 19.7 Å². The topological polar surface area (TPSA) is 76.0 Å². The predicted molar refractivity (Wildman–Crippen MR) is 79.6 cm³/mol. The van der Waals surface area contributed by atoms with Gasteiger partial charge in [-0.1, -0.05) is 24.3 Å². The van der Waals surface area contributed by atoms with Crippen LogP contribution < -0.4 is 0 Å². The Hall–Kier alpha value is -2.47. The molecule has 0 radical (unpaired) electrons. The van der Waals surface area contributed by atoms with Gasteiger partial charge in [0.25, 0.3) is 0 Å². The highest BCUT2D eigenvalue weighted by atomic mass is 32.2. The fourth-order valence-electron chi connectivity index (χ4n) is 1.98. The summed E-state index contributed by atoms with van der Waals surface area (Å²) in [5.74, 6) is -0.984. The minimum absolute atomic E-state index is 0.195. The van der Waals surface area contributed by atoms with Crippen LogP contribution in [0.3, 0.4) is 0 Å². The van der Waals surface area contributed by atoms with E-state index in [4.69, 9.17) is 0 Å². The summed E-state index contributed by atoms with van der Waals surface area (Å²) in [4.78, 5) is 24.0. The van der Waals surface area contributed by atoms with Crippen molar-refractivity contribution >= 4 is 28.5 Å². The van der Waals surface area contributed by atoms with Crippen molar-refractivity contribution < 1.29 is 9.90 Å². The van der Waals surface area contributed by atoms with Crippen molar-refractivity contribution in [1.29, 1.82) is 0 Å². The third-order valence-electron chi connectivity index (χ3n) is 2.95. The van der Waals surface area contributed by atoms with Gasteiger partial charge in [0.2, 0.25) is 0 Å². The summed E-state index contributed by atoms with van der Waals surface area (Å²) in [7, 11) is 0. The molecule has 0 atom stereocenters. The molecule has 0 saturated carbocycles. The molecule has 104 valence electrons. The predicted octanol–water partition coefficient (Wildman–Crippen LogP) is 3.18. The van der Waals surface area contributed by atoms with E-state index in [1.807, 2.05) is 31.2 Å². The van der Waals surface area contributed by atoms with Crippen LogP contribution in [0.15, 0.2) is 52.9 Å². The number of hydrogen-bond acceptors (Lipinski definition) is 5. The SMILES string of the molecule is Cc1ccnc(Sc2ncc(C(=O)O)c3ccccc23)n1. The maximum Gasteiger partial charge on any atom is 0.337 e. The van der Waals surface area contributed by atoms with E-state index in [0.717, 1.165) is 11.1 Å². The van der Waals surface area contributed by atoms with E-state index in [1.54, 1.807) is 12.3 Å². The van der Waals surface area contributed by atoms with E-state index in [1.165, 1.54) is 18.0 Å². The molecule has 0 spiro atoms. The maximum absolute atomic E-state index is 11.3. The number of carbonyl (C=O) groups is 1. The first-order valence-corrected chi connectivity index (χ1v) is 7.05. The minimum Gasteiger partial charge on any atom is -0.478 e. The first-order chi connectivity index (χ1) is 10.1. The number of pyridine rings is 1. The molecule has 6 heteroatoms. The lowest BCUT2D eigenvalue weighted by Crippen LogP contribution is -2.00. The molecule has 0 unspecified atom stereocenters. The van der Waals surface area contributed by atoms with E-state index in [-0.39, 0.29) is 5.56 Å². The van der Waals surface area contributed by atoms with Crippen LogP contribution in [0.1, 0.15) is 16.1 Å². The molecule has 0 fully saturated rings. The van der Waals surface area contributed by atoms with Crippen LogP contribution in [0.25, 0.3) is 10.8 Å². The smallest absolute Gasteiger partial charge is 0.337 e. The maximum atomic E-state index is 11.3. The second-order valence-corrected chi connectivity index (χ2v) is 5.37. The number of carboxylic acids is 1. The summed E-state index contributed by atoms with van der Waals surface area (Å²) < 4.78 is 0. The molecule has 0 aliphatic heterocycles. The standard InChI is InChI=1S/C15H11N3O2S/c1-9-6-7-16-15(18-9)21-13-11-5-3-2-4-10(11)12(8-17-13)14(19)20/h2-8H,1H3,(H,19,20). The molecule has 21 heavy (non-hydrogen) atoms. The number of rotatable bonds is 3. The zero-order valence-corrected chi connectivity index (χ0v) is 12.0. The quantitative estimate of drug-likeness (QED) is 0.748. The van der Waals surface area contributed by atoms with Gasteiger partial charge in [-0.15, -0.1) is 0 Å². The Morgan fingerprint density at radius 1 is 1.14 bits per heavy atom. The fourth-order valence-corrected chi connectivity index (χ4v) is 2.85. The number of benzene rings is 1.